The number of hydrogen-bond acceptors (Lipinski definition) is 4. The molecule has 122 valence electrons. The monoisotopic (exact) mass is 327 g/mol. The molecule has 0 radical (unpaired) electrons. The fourth-order valence-corrected chi connectivity index (χ4v) is 2.20. The maximum atomic E-state index is 14.2. The van der Waals surface area contributed by atoms with Gasteiger partial charge in [-0.2, -0.15) is 5.10 Å². The minimum absolute atomic E-state index is 0.0212. The summed E-state index contributed by atoms with van der Waals surface area (Å²) in [6.07, 6.45) is 3.09. The third-order valence-electron chi connectivity index (χ3n) is 3.29. The Hall–Kier alpha value is -3.42. The number of nitrogens with two attached hydrogens (primary N) is 1. The molecule has 2 heterocycles. The summed E-state index contributed by atoms with van der Waals surface area (Å²) in [7, 11) is 0. The molecule has 1 amide bonds. The van der Waals surface area contributed by atoms with Crippen LogP contribution in [0.4, 0.5) is 15.9 Å². The van der Waals surface area contributed by atoms with E-state index < -0.39 is 11.7 Å². The van der Waals surface area contributed by atoms with E-state index in [0.29, 0.717) is 11.5 Å². The zero-order chi connectivity index (χ0) is 17.1. The van der Waals surface area contributed by atoms with Gasteiger partial charge in [0.05, 0.1) is 11.4 Å². The van der Waals surface area contributed by atoms with Gasteiger partial charge in [0.15, 0.2) is 0 Å². The number of amides is 1. The molecule has 0 unspecified atom stereocenters. The number of hydrogen-bond donors (Lipinski definition) is 2. The van der Waals surface area contributed by atoms with Gasteiger partial charge in [-0.3, -0.25) is 18.8 Å². The third-order valence-corrected chi connectivity index (χ3v) is 3.29. The summed E-state index contributed by atoms with van der Waals surface area (Å²) in [5.74, 6) is -0.787. The predicted octanol–water partition coefficient (Wildman–Crippen LogP) is 1.39. The number of halogens is 1. The molecule has 24 heavy (non-hydrogen) atoms. The van der Waals surface area contributed by atoms with Gasteiger partial charge >= 0.3 is 0 Å². The number of carbonyl (C=O) groups excluding carboxylic acids is 1. The molecule has 0 aliphatic rings. The van der Waals surface area contributed by atoms with Crippen LogP contribution in [0.15, 0.2) is 59.7 Å². The van der Waals surface area contributed by atoms with E-state index in [-0.39, 0.29) is 17.8 Å². The average Bonchev–Trinajstić information content (AvgIpc) is 2.95. The maximum absolute atomic E-state index is 14.2. The Kier molecular flexibility index (Phi) is 4.11. The summed E-state index contributed by atoms with van der Waals surface area (Å²) in [6.45, 7) is -0.0868. The summed E-state index contributed by atoms with van der Waals surface area (Å²) in [4.78, 5) is 23.7. The molecule has 8 heteroatoms. The first-order chi connectivity index (χ1) is 11.5. The summed E-state index contributed by atoms with van der Waals surface area (Å²) in [6, 6.07) is 10.3. The van der Waals surface area contributed by atoms with Gasteiger partial charge in [-0.1, -0.05) is 6.07 Å². The normalized spacial score (nSPS) is 10.5. The van der Waals surface area contributed by atoms with Crippen LogP contribution >= 0.6 is 0 Å². The Morgan fingerprint density at radius 3 is 2.71 bits per heavy atom. The van der Waals surface area contributed by atoms with Crippen molar-refractivity contribution in [2.45, 2.75) is 6.54 Å². The molecule has 2 aromatic heterocycles. The van der Waals surface area contributed by atoms with Gasteiger partial charge < -0.3 is 11.1 Å². The number of rotatable bonds is 4. The van der Waals surface area contributed by atoms with Crippen molar-refractivity contribution in [2.24, 2.45) is 0 Å². The van der Waals surface area contributed by atoms with E-state index in [9.17, 15) is 14.0 Å². The van der Waals surface area contributed by atoms with Crippen LogP contribution in [-0.2, 0) is 11.3 Å². The first kappa shape index (κ1) is 15.5. The van der Waals surface area contributed by atoms with Crippen molar-refractivity contribution in [3.8, 4) is 5.69 Å². The Morgan fingerprint density at radius 2 is 2.04 bits per heavy atom. The first-order valence-corrected chi connectivity index (χ1v) is 7.09. The lowest BCUT2D eigenvalue weighted by molar-refractivity contribution is -0.116. The fourth-order valence-electron chi connectivity index (χ4n) is 2.20. The van der Waals surface area contributed by atoms with Crippen molar-refractivity contribution < 1.29 is 9.18 Å². The second-order valence-electron chi connectivity index (χ2n) is 5.06. The number of nitrogens with zero attached hydrogens (tertiary/aromatic N) is 3. The van der Waals surface area contributed by atoms with Crippen molar-refractivity contribution in [3.63, 3.8) is 0 Å². The van der Waals surface area contributed by atoms with Crippen LogP contribution in [-0.4, -0.2) is 20.3 Å². The van der Waals surface area contributed by atoms with Gasteiger partial charge in [0.25, 0.3) is 5.56 Å². The van der Waals surface area contributed by atoms with Crippen LogP contribution < -0.4 is 16.6 Å². The van der Waals surface area contributed by atoms with Crippen molar-refractivity contribution in [2.75, 3.05) is 11.1 Å². The van der Waals surface area contributed by atoms with Crippen LogP contribution in [0, 0.1) is 5.82 Å². The maximum Gasteiger partial charge on any atom is 0.255 e. The summed E-state index contributed by atoms with van der Waals surface area (Å²) < 4.78 is 16.9. The Labute approximate surface area is 136 Å². The zero-order valence-electron chi connectivity index (χ0n) is 12.5. The molecule has 0 aliphatic carbocycles. The standard InChI is InChI=1S/C16H14FN5O2/c17-12-9-11(22-7-2-1-3-16(22)24)4-5-13(12)19-15(23)10-21-8-6-14(18)20-21/h1-9H,10H2,(H2,18,20)(H,19,23). The minimum Gasteiger partial charge on any atom is -0.382 e. The van der Waals surface area contributed by atoms with E-state index in [4.69, 9.17) is 5.73 Å². The molecule has 1 aromatic carbocycles. The average molecular weight is 327 g/mol. The highest BCUT2D eigenvalue weighted by molar-refractivity contribution is 5.90. The van der Waals surface area contributed by atoms with E-state index in [2.05, 4.69) is 10.4 Å². The molecule has 0 aliphatic heterocycles. The highest BCUT2D eigenvalue weighted by Crippen LogP contribution is 2.17. The SMILES string of the molecule is Nc1ccn(CC(=O)Nc2ccc(-n3ccccc3=O)cc2F)n1. The van der Waals surface area contributed by atoms with Crippen molar-refractivity contribution in [3.05, 3.63) is 71.0 Å². The fraction of sp³-hybridized carbons (Fsp3) is 0.0625. The second kappa shape index (κ2) is 6.37. The van der Waals surface area contributed by atoms with Crippen LogP contribution in [0.2, 0.25) is 0 Å². The van der Waals surface area contributed by atoms with Gasteiger partial charge in [-0.25, -0.2) is 4.39 Å². The number of nitrogens with one attached hydrogen (secondary N) is 1. The predicted molar refractivity (Wildman–Crippen MR) is 87.3 cm³/mol. The van der Waals surface area contributed by atoms with Gasteiger partial charge in [0.1, 0.15) is 18.2 Å². The summed E-state index contributed by atoms with van der Waals surface area (Å²) >= 11 is 0. The highest BCUT2D eigenvalue weighted by Gasteiger charge is 2.10. The van der Waals surface area contributed by atoms with Crippen LogP contribution in [0.1, 0.15) is 0 Å². The Balaban J connectivity index is 1.77. The van der Waals surface area contributed by atoms with E-state index in [1.54, 1.807) is 30.5 Å². The molecule has 0 saturated heterocycles. The molecule has 3 rings (SSSR count). The molecule has 0 saturated carbocycles. The molecule has 0 fully saturated rings. The molecule has 0 bridgehead atoms. The molecular formula is C16H14FN5O2. The van der Waals surface area contributed by atoms with Crippen molar-refractivity contribution in [1.82, 2.24) is 14.3 Å². The Morgan fingerprint density at radius 1 is 1.21 bits per heavy atom. The summed E-state index contributed by atoms with van der Waals surface area (Å²) in [5, 5.41) is 6.34. The number of pyridine rings is 1. The number of anilines is 2. The van der Waals surface area contributed by atoms with E-state index in [1.165, 1.54) is 33.6 Å². The Bertz CT molecular complexity index is 947. The smallest absolute Gasteiger partial charge is 0.255 e. The second-order valence-corrected chi connectivity index (χ2v) is 5.06. The van der Waals surface area contributed by atoms with Gasteiger partial charge in [0.2, 0.25) is 5.91 Å². The number of carbonyl (C=O) groups is 1. The van der Waals surface area contributed by atoms with E-state index in [1.807, 2.05) is 0 Å². The molecule has 7 nitrogen and oxygen atoms in total. The third kappa shape index (κ3) is 3.32. The largest absolute Gasteiger partial charge is 0.382 e. The number of nitrogen functional groups attached to an aromatic ring is 1. The number of aromatic nitrogens is 3. The van der Waals surface area contributed by atoms with Crippen molar-refractivity contribution >= 4 is 17.4 Å². The van der Waals surface area contributed by atoms with E-state index >= 15 is 0 Å². The van der Waals surface area contributed by atoms with Gasteiger partial charge in [-0.05, 0) is 24.3 Å². The number of benzene rings is 1. The molecule has 0 atom stereocenters. The minimum atomic E-state index is -0.642. The highest BCUT2D eigenvalue weighted by atomic mass is 19.1. The van der Waals surface area contributed by atoms with Gasteiger partial charge in [-0.15, -0.1) is 0 Å². The van der Waals surface area contributed by atoms with E-state index in [0.717, 1.165) is 0 Å². The molecule has 3 N–H and O–H groups in total. The lowest BCUT2D eigenvalue weighted by atomic mass is 10.2. The molecule has 3 aromatic rings. The van der Waals surface area contributed by atoms with Crippen LogP contribution in [0.25, 0.3) is 5.69 Å². The molecule has 0 spiro atoms. The van der Waals surface area contributed by atoms with Crippen LogP contribution in [0.5, 0.6) is 0 Å². The van der Waals surface area contributed by atoms with Crippen LogP contribution in [0.3, 0.4) is 0 Å². The lowest BCUT2D eigenvalue weighted by Gasteiger charge is -2.09. The van der Waals surface area contributed by atoms with Gasteiger partial charge in [0, 0.05) is 24.5 Å². The lowest BCUT2D eigenvalue weighted by Crippen LogP contribution is -2.20. The first-order valence-electron chi connectivity index (χ1n) is 7.09. The molecular weight excluding hydrogens is 313 g/mol. The summed E-state index contributed by atoms with van der Waals surface area (Å²) in [5.41, 5.74) is 5.58. The quantitative estimate of drug-likeness (QED) is 0.757. The topological polar surface area (TPSA) is 94.9 Å². The van der Waals surface area contributed by atoms with Crippen molar-refractivity contribution in [1.29, 1.82) is 0 Å². The zero-order valence-corrected chi connectivity index (χ0v) is 12.5.